The Morgan fingerprint density at radius 3 is 2.43 bits per heavy atom. The van der Waals surface area contributed by atoms with E-state index in [-0.39, 0.29) is 5.54 Å². The van der Waals surface area contributed by atoms with Crippen molar-refractivity contribution in [2.45, 2.75) is 57.5 Å². The Bertz CT molecular complexity index is 448. The van der Waals surface area contributed by atoms with Crippen molar-refractivity contribution in [1.29, 1.82) is 0 Å². The molecule has 21 heavy (non-hydrogen) atoms. The maximum Gasteiger partial charge on any atom is 0.0604 e. The molecule has 1 aromatic carbocycles. The molecule has 1 saturated heterocycles. The molecule has 1 aliphatic rings. The number of likely N-dealkylation sites (tertiary alicyclic amines) is 1. The molecule has 0 aromatic heterocycles. The summed E-state index contributed by atoms with van der Waals surface area (Å²) in [5.41, 5.74) is 9.12. The molecule has 116 valence electrons. The van der Waals surface area contributed by atoms with E-state index in [1.165, 1.54) is 43.5 Å². The number of hydrogen-bond acceptors (Lipinski definition) is 2. The Morgan fingerprint density at radius 2 is 1.90 bits per heavy atom. The summed E-state index contributed by atoms with van der Waals surface area (Å²) in [6.07, 6.45) is 5.79. The molecular formula is C19H30N2. The minimum Gasteiger partial charge on any atom is -0.320 e. The van der Waals surface area contributed by atoms with Crippen LogP contribution in [-0.2, 0) is 5.54 Å². The third kappa shape index (κ3) is 3.75. The second kappa shape index (κ2) is 7.24. The summed E-state index contributed by atoms with van der Waals surface area (Å²) in [5, 5.41) is 0. The molecule has 0 saturated carbocycles. The molecule has 0 radical (unpaired) electrons. The normalized spacial score (nSPS) is 20.1. The molecule has 2 unspecified atom stereocenters. The molecule has 2 atom stereocenters. The predicted molar refractivity (Wildman–Crippen MR) is 91.2 cm³/mol. The lowest BCUT2D eigenvalue weighted by Crippen LogP contribution is -2.55. The lowest BCUT2D eigenvalue weighted by atomic mass is 9.76. The van der Waals surface area contributed by atoms with E-state index in [0.717, 1.165) is 12.8 Å². The highest BCUT2D eigenvalue weighted by atomic mass is 15.2. The topological polar surface area (TPSA) is 29.3 Å². The van der Waals surface area contributed by atoms with Crippen molar-refractivity contribution in [2.24, 2.45) is 5.73 Å². The van der Waals surface area contributed by atoms with E-state index in [0.29, 0.717) is 6.04 Å². The fourth-order valence-electron chi connectivity index (χ4n) is 3.75. The van der Waals surface area contributed by atoms with Crippen molar-refractivity contribution in [3.63, 3.8) is 0 Å². The summed E-state index contributed by atoms with van der Waals surface area (Å²) in [5.74, 6) is 0. The minimum absolute atomic E-state index is 0.326. The van der Waals surface area contributed by atoms with Gasteiger partial charge in [-0.3, -0.25) is 4.90 Å². The lowest BCUT2D eigenvalue weighted by Gasteiger charge is -2.43. The number of hydrogen-bond donors (Lipinski definition) is 1. The fraction of sp³-hybridized carbons (Fsp3) is 0.579. The fourth-order valence-corrected chi connectivity index (χ4v) is 3.75. The van der Waals surface area contributed by atoms with Crippen LogP contribution in [0.5, 0.6) is 0 Å². The first-order chi connectivity index (χ1) is 10.1. The van der Waals surface area contributed by atoms with Crippen molar-refractivity contribution in [3.8, 4) is 0 Å². The van der Waals surface area contributed by atoms with Crippen LogP contribution in [0.15, 0.2) is 42.5 Å². The van der Waals surface area contributed by atoms with Crippen LogP contribution < -0.4 is 5.73 Å². The minimum atomic E-state index is -0.326. The Labute approximate surface area is 130 Å². The summed E-state index contributed by atoms with van der Waals surface area (Å²) in [6, 6.07) is 11.0. The van der Waals surface area contributed by atoms with Crippen molar-refractivity contribution >= 4 is 0 Å². The van der Waals surface area contributed by atoms with Crippen LogP contribution in [0.2, 0.25) is 0 Å². The zero-order chi connectivity index (χ0) is 15.3. The van der Waals surface area contributed by atoms with Crippen molar-refractivity contribution in [2.75, 3.05) is 13.1 Å². The molecule has 2 rings (SSSR count). The van der Waals surface area contributed by atoms with Gasteiger partial charge in [0.05, 0.1) is 5.54 Å². The highest BCUT2D eigenvalue weighted by Gasteiger charge is 2.40. The highest BCUT2D eigenvalue weighted by molar-refractivity contribution is 5.28. The Balaban J connectivity index is 2.37. The summed E-state index contributed by atoms with van der Waals surface area (Å²) in [6.45, 7) is 10.9. The van der Waals surface area contributed by atoms with E-state index < -0.39 is 0 Å². The average Bonchev–Trinajstić information content (AvgIpc) is 2.98. The van der Waals surface area contributed by atoms with Gasteiger partial charge in [-0.25, -0.2) is 0 Å². The maximum atomic E-state index is 7.03. The van der Waals surface area contributed by atoms with E-state index in [2.05, 4.69) is 55.7 Å². The summed E-state index contributed by atoms with van der Waals surface area (Å²) in [4.78, 5) is 2.61. The lowest BCUT2D eigenvalue weighted by molar-refractivity contribution is 0.133. The quantitative estimate of drug-likeness (QED) is 0.766. The standard InChI is InChI=1S/C19H30N2/c1-4-10-18(21-13-8-9-14-21)19(20,15-16(2)3)17-11-6-5-7-12-17/h5-7,11-12,18H,2,4,8-10,13-15,20H2,1,3H3. The molecular weight excluding hydrogens is 256 g/mol. The molecule has 1 heterocycles. The van der Waals surface area contributed by atoms with E-state index in [1.54, 1.807) is 0 Å². The van der Waals surface area contributed by atoms with Gasteiger partial charge in [-0.05, 0) is 51.3 Å². The molecule has 0 spiro atoms. The monoisotopic (exact) mass is 286 g/mol. The number of benzene rings is 1. The van der Waals surface area contributed by atoms with Gasteiger partial charge in [0.15, 0.2) is 0 Å². The van der Waals surface area contributed by atoms with Crippen LogP contribution in [-0.4, -0.2) is 24.0 Å². The van der Waals surface area contributed by atoms with Gasteiger partial charge in [-0.2, -0.15) is 0 Å². The summed E-state index contributed by atoms with van der Waals surface area (Å²) < 4.78 is 0. The second-order valence-electron chi connectivity index (χ2n) is 6.59. The van der Waals surface area contributed by atoms with Crippen LogP contribution in [0.4, 0.5) is 0 Å². The van der Waals surface area contributed by atoms with E-state index in [1.807, 2.05) is 0 Å². The molecule has 1 aliphatic heterocycles. The van der Waals surface area contributed by atoms with Gasteiger partial charge in [0.25, 0.3) is 0 Å². The molecule has 0 amide bonds. The third-order valence-corrected chi connectivity index (χ3v) is 4.64. The second-order valence-corrected chi connectivity index (χ2v) is 6.59. The zero-order valence-corrected chi connectivity index (χ0v) is 13.6. The summed E-state index contributed by atoms with van der Waals surface area (Å²) in [7, 11) is 0. The van der Waals surface area contributed by atoms with Gasteiger partial charge >= 0.3 is 0 Å². The van der Waals surface area contributed by atoms with Gasteiger partial charge in [0.1, 0.15) is 0 Å². The van der Waals surface area contributed by atoms with Gasteiger partial charge < -0.3 is 5.73 Å². The highest BCUT2D eigenvalue weighted by Crippen LogP contribution is 2.35. The first kappa shape index (κ1) is 16.3. The van der Waals surface area contributed by atoms with Gasteiger partial charge in [-0.1, -0.05) is 49.2 Å². The Hall–Kier alpha value is -1.12. The zero-order valence-electron chi connectivity index (χ0n) is 13.6. The number of nitrogens with zero attached hydrogens (tertiary/aromatic N) is 1. The van der Waals surface area contributed by atoms with Gasteiger partial charge in [0, 0.05) is 6.04 Å². The van der Waals surface area contributed by atoms with Crippen LogP contribution in [0.1, 0.15) is 51.5 Å². The first-order valence-electron chi connectivity index (χ1n) is 8.30. The van der Waals surface area contributed by atoms with Crippen molar-refractivity contribution in [3.05, 3.63) is 48.0 Å². The summed E-state index contributed by atoms with van der Waals surface area (Å²) >= 11 is 0. The van der Waals surface area contributed by atoms with Crippen LogP contribution in [0.3, 0.4) is 0 Å². The third-order valence-electron chi connectivity index (χ3n) is 4.64. The average molecular weight is 286 g/mol. The molecule has 1 fully saturated rings. The SMILES string of the molecule is C=C(C)CC(N)(c1ccccc1)C(CCC)N1CCCC1. The molecule has 2 nitrogen and oxygen atoms in total. The van der Waals surface area contributed by atoms with Crippen LogP contribution in [0.25, 0.3) is 0 Å². The largest absolute Gasteiger partial charge is 0.320 e. The Morgan fingerprint density at radius 1 is 1.29 bits per heavy atom. The molecule has 2 N–H and O–H groups in total. The molecule has 1 aromatic rings. The van der Waals surface area contributed by atoms with Crippen LogP contribution in [0, 0.1) is 0 Å². The first-order valence-corrected chi connectivity index (χ1v) is 8.30. The molecule has 0 aliphatic carbocycles. The van der Waals surface area contributed by atoms with E-state index >= 15 is 0 Å². The number of rotatable bonds is 7. The number of nitrogens with two attached hydrogens (primary N) is 1. The van der Waals surface area contributed by atoms with Crippen molar-refractivity contribution < 1.29 is 0 Å². The van der Waals surface area contributed by atoms with E-state index in [4.69, 9.17) is 5.73 Å². The van der Waals surface area contributed by atoms with Crippen molar-refractivity contribution in [1.82, 2.24) is 4.90 Å². The predicted octanol–water partition coefficient (Wildman–Crippen LogP) is 4.07. The van der Waals surface area contributed by atoms with Crippen LogP contribution >= 0.6 is 0 Å². The molecule has 2 heteroatoms. The Kier molecular flexibility index (Phi) is 5.60. The maximum absolute atomic E-state index is 7.03. The molecule has 0 bridgehead atoms. The van der Waals surface area contributed by atoms with Gasteiger partial charge in [0.2, 0.25) is 0 Å². The van der Waals surface area contributed by atoms with Gasteiger partial charge in [-0.15, -0.1) is 6.58 Å². The smallest absolute Gasteiger partial charge is 0.0604 e. The van der Waals surface area contributed by atoms with E-state index in [9.17, 15) is 0 Å².